The van der Waals surface area contributed by atoms with E-state index in [1.54, 1.807) is 0 Å². The molecular formula is C20H29F3N2. The molecule has 5 heteroatoms. The van der Waals surface area contributed by atoms with E-state index in [0.717, 1.165) is 36.2 Å². The summed E-state index contributed by atoms with van der Waals surface area (Å²) >= 11 is 0. The van der Waals surface area contributed by atoms with Gasteiger partial charge in [0.05, 0.1) is 0 Å². The van der Waals surface area contributed by atoms with Crippen molar-refractivity contribution in [3.05, 3.63) is 23.8 Å². The van der Waals surface area contributed by atoms with Crippen molar-refractivity contribution in [3.63, 3.8) is 0 Å². The Balaban J connectivity index is 1.49. The quantitative estimate of drug-likeness (QED) is 0.627. The van der Waals surface area contributed by atoms with Gasteiger partial charge in [0.25, 0.3) is 0 Å². The Morgan fingerprint density at radius 2 is 1.40 bits per heavy atom. The van der Waals surface area contributed by atoms with Crippen LogP contribution in [0.5, 0.6) is 0 Å². The van der Waals surface area contributed by atoms with Crippen molar-refractivity contribution in [2.45, 2.75) is 83.2 Å². The Labute approximate surface area is 148 Å². The van der Waals surface area contributed by atoms with Gasteiger partial charge in [-0.2, -0.15) is 13.2 Å². The molecular weight excluding hydrogens is 325 g/mol. The minimum absolute atomic E-state index is 0.329. The number of nitrogens with zero attached hydrogens (tertiary/aromatic N) is 2. The molecule has 1 aromatic heterocycles. The molecule has 0 amide bonds. The maximum absolute atomic E-state index is 12.6. The molecule has 0 bridgehead atoms. The summed E-state index contributed by atoms with van der Waals surface area (Å²) in [7, 11) is 0. The molecule has 0 spiro atoms. The van der Waals surface area contributed by atoms with Crippen LogP contribution in [0, 0.1) is 17.8 Å². The lowest BCUT2D eigenvalue weighted by atomic mass is 9.68. The number of alkyl halides is 3. The number of halogens is 3. The van der Waals surface area contributed by atoms with Gasteiger partial charge in [-0.1, -0.05) is 32.6 Å². The molecule has 0 N–H and O–H groups in total. The van der Waals surface area contributed by atoms with E-state index >= 15 is 0 Å². The zero-order valence-corrected chi connectivity index (χ0v) is 15.1. The number of aromatic nitrogens is 2. The molecule has 2 nitrogen and oxygen atoms in total. The summed E-state index contributed by atoms with van der Waals surface area (Å²) in [6, 6.07) is 0. The maximum atomic E-state index is 12.6. The second kappa shape index (κ2) is 8.05. The molecule has 0 saturated heterocycles. The summed E-state index contributed by atoms with van der Waals surface area (Å²) < 4.78 is 37.7. The molecule has 140 valence electrons. The van der Waals surface area contributed by atoms with E-state index in [9.17, 15) is 13.2 Å². The van der Waals surface area contributed by atoms with Gasteiger partial charge < -0.3 is 0 Å². The standard InChI is InChI=1S/C20H29F3N2/c1-2-3-14-4-6-15(7-5-14)16-8-10-17(11-9-16)18-12-24-19(25-13-18)20(21,22)23/h12-17H,2-11H2,1H3/t14-,15-,16?,17?. The van der Waals surface area contributed by atoms with Crippen LogP contribution < -0.4 is 0 Å². The van der Waals surface area contributed by atoms with Crippen molar-refractivity contribution in [1.82, 2.24) is 9.97 Å². The molecule has 1 heterocycles. The molecule has 2 aliphatic carbocycles. The Morgan fingerprint density at radius 1 is 0.880 bits per heavy atom. The molecule has 3 rings (SSSR count). The molecule has 2 aliphatic rings. The van der Waals surface area contributed by atoms with Gasteiger partial charge >= 0.3 is 6.18 Å². The lowest BCUT2D eigenvalue weighted by Gasteiger charge is -2.38. The van der Waals surface area contributed by atoms with Crippen LogP contribution in [0.1, 0.15) is 88.4 Å². The fraction of sp³-hybridized carbons (Fsp3) is 0.800. The predicted molar refractivity (Wildman–Crippen MR) is 92.1 cm³/mol. The second-order valence-corrected chi connectivity index (χ2v) is 8.02. The normalized spacial score (nSPS) is 31.0. The van der Waals surface area contributed by atoms with Crippen molar-refractivity contribution in [3.8, 4) is 0 Å². The van der Waals surface area contributed by atoms with E-state index < -0.39 is 12.0 Å². The molecule has 2 fully saturated rings. The molecule has 0 unspecified atom stereocenters. The van der Waals surface area contributed by atoms with Gasteiger partial charge in [-0.05, 0) is 67.8 Å². The molecule has 0 aromatic carbocycles. The lowest BCUT2D eigenvalue weighted by molar-refractivity contribution is -0.145. The largest absolute Gasteiger partial charge is 0.451 e. The Morgan fingerprint density at radius 3 is 1.88 bits per heavy atom. The van der Waals surface area contributed by atoms with Crippen LogP contribution in [0.25, 0.3) is 0 Å². The Kier molecular flexibility index (Phi) is 6.00. The topological polar surface area (TPSA) is 25.8 Å². The van der Waals surface area contributed by atoms with Crippen LogP contribution >= 0.6 is 0 Å². The minimum Gasteiger partial charge on any atom is -0.233 e. The molecule has 0 atom stereocenters. The monoisotopic (exact) mass is 354 g/mol. The summed E-state index contributed by atoms with van der Waals surface area (Å²) in [6.07, 6.45) is 11.1. The summed E-state index contributed by atoms with van der Waals surface area (Å²) in [5.41, 5.74) is 0.873. The van der Waals surface area contributed by atoms with Gasteiger partial charge in [-0.3, -0.25) is 0 Å². The minimum atomic E-state index is -4.45. The number of hydrogen-bond donors (Lipinski definition) is 0. The fourth-order valence-electron chi connectivity index (χ4n) is 4.98. The molecule has 1 aromatic rings. The highest BCUT2D eigenvalue weighted by molar-refractivity contribution is 5.13. The predicted octanol–water partition coefficient (Wildman–Crippen LogP) is 6.38. The summed E-state index contributed by atoms with van der Waals surface area (Å²) in [5.74, 6) is 1.93. The summed E-state index contributed by atoms with van der Waals surface area (Å²) in [6.45, 7) is 2.28. The van der Waals surface area contributed by atoms with Gasteiger partial charge in [0.15, 0.2) is 0 Å². The van der Waals surface area contributed by atoms with Crippen LogP contribution in [0.4, 0.5) is 13.2 Å². The first-order valence-electron chi connectivity index (χ1n) is 9.86. The highest BCUT2D eigenvalue weighted by atomic mass is 19.4. The van der Waals surface area contributed by atoms with Gasteiger partial charge in [-0.15, -0.1) is 0 Å². The zero-order chi connectivity index (χ0) is 17.9. The van der Waals surface area contributed by atoms with Gasteiger partial charge in [0, 0.05) is 12.4 Å². The fourth-order valence-corrected chi connectivity index (χ4v) is 4.98. The highest BCUT2D eigenvalue weighted by Crippen LogP contribution is 2.44. The van der Waals surface area contributed by atoms with Gasteiger partial charge in [0.1, 0.15) is 0 Å². The van der Waals surface area contributed by atoms with E-state index in [2.05, 4.69) is 16.9 Å². The van der Waals surface area contributed by atoms with Crippen molar-refractivity contribution < 1.29 is 13.2 Å². The average Bonchev–Trinajstić information content (AvgIpc) is 2.62. The average molecular weight is 354 g/mol. The van der Waals surface area contributed by atoms with Crippen LogP contribution in [0.15, 0.2) is 12.4 Å². The van der Waals surface area contributed by atoms with Gasteiger partial charge in [-0.25, -0.2) is 9.97 Å². The van der Waals surface area contributed by atoms with E-state index in [1.807, 2.05) is 0 Å². The molecule has 0 radical (unpaired) electrons. The summed E-state index contributed by atoms with van der Waals surface area (Å²) in [5, 5.41) is 0. The zero-order valence-electron chi connectivity index (χ0n) is 15.1. The molecule has 25 heavy (non-hydrogen) atoms. The van der Waals surface area contributed by atoms with Crippen LogP contribution in [0.2, 0.25) is 0 Å². The van der Waals surface area contributed by atoms with Crippen molar-refractivity contribution in [2.75, 3.05) is 0 Å². The first-order valence-corrected chi connectivity index (χ1v) is 9.86. The first kappa shape index (κ1) is 18.7. The van der Waals surface area contributed by atoms with E-state index in [4.69, 9.17) is 0 Å². The van der Waals surface area contributed by atoms with Crippen LogP contribution in [-0.2, 0) is 6.18 Å². The second-order valence-electron chi connectivity index (χ2n) is 8.02. The molecule has 2 saturated carbocycles. The third kappa shape index (κ3) is 4.73. The highest BCUT2D eigenvalue weighted by Gasteiger charge is 2.35. The van der Waals surface area contributed by atoms with E-state index in [0.29, 0.717) is 5.92 Å². The smallest absolute Gasteiger partial charge is 0.233 e. The molecule has 0 aliphatic heterocycles. The van der Waals surface area contributed by atoms with Crippen molar-refractivity contribution in [2.24, 2.45) is 17.8 Å². The Hall–Kier alpha value is -1.13. The number of rotatable bonds is 4. The SMILES string of the molecule is CCC[C@H]1CC[C@H](C2CCC(c3cnc(C(F)(F)F)nc3)CC2)CC1. The number of hydrogen-bond acceptors (Lipinski definition) is 2. The Bertz CT molecular complexity index is 525. The third-order valence-electron chi connectivity index (χ3n) is 6.42. The van der Waals surface area contributed by atoms with Crippen molar-refractivity contribution >= 4 is 0 Å². The summed E-state index contributed by atoms with van der Waals surface area (Å²) in [4.78, 5) is 7.05. The lowest BCUT2D eigenvalue weighted by Crippen LogP contribution is -2.25. The van der Waals surface area contributed by atoms with E-state index in [1.165, 1.54) is 63.8 Å². The van der Waals surface area contributed by atoms with E-state index in [-0.39, 0.29) is 0 Å². The van der Waals surface area contributed by atoms with Crippen LogP contribution in [-0.4, -0.2) is 9.97 Å². The third-order valence-corrected chi connectivity index (χ3v) is 6.42. The van der Waals surface area contributed by atoms with Crippen LogP contribution in [0.3, 0.4) is 0 Å². The first-order chi connectivity index (χ1) is 12.0. The van der Waals surface area contributed by atoms with Gasteiger partial charge in [0.2, 0.25) is 5.82 Å². The van der Waals surface area contributed by atoms with Crippen molar-refractivity contribution in [1.29, 1.82) is 0 Å². The maximum Gasteiger partial charge on any atom is 0.451 e.